The van der Waals surface area contributed by atoms with Crippen molar-refractivity contribution in [2.24, 2.45) is 5.73 Å². The number of carbonyl (C=O) groups is 2. The molecule has 1 aromatic carbocycles. The van der Waals surface area contributed by atoms with E-state index in [0.29, 0.717) is 31.2 Å². The van der Waals surface area contributed by atoms with Crippen LogP contribution in [0.25, 0.3) is 0 Å². The third-order valence-electron chi connectivity index (χ3n) is 3.30. The maximum Gasteiger partial charge on any atom is 0.318 e. The number of ether oxygens (including phenoxy) is 2. The molecule has 23 heavy (non-hydrogen) atoms. The highest BCUT2D eigenvalue weighted by atomic mass is 16.5. The molecule has 0 unspecified atom stereocenters. The number of carbonyl (C=O) groups excluding carboxylic acids is 2. The predicted octanol–water partition coefficient (Wildman–Crippen LogP) is 1.50. The van der Waals surface area contributed by atoms with Crippen LogP contribution in [0.3, 0.4) is 0 Å². The van der Waals surface area contributed by atoms with Gasteiger partial charge in [0.15, 0.2) is 11.5 Å². The molecule has 7 nitrogen and oxygen atoms in total. The Morgan fingerprint density at radius 2 is 2.00 bits per heavy atom. The van der Waals surface area contributed by atoms with Gasteiger partial charge in [0.05, 0.1) is 13.7 Å². The molecule has 0 bridgehead atoms. The van der Waals surface area contributed by atoms with Gasteiger partial charge in [-0.05, 0) is 31.2 Å². The number of hydrogen-bond acceptors (Lipinski definition) is 5. The van der Waals surface area contributed by atoms with E-state index in [1.807, 2.05) is 32.0 Å². The zero-order chi connectivity index (χ0) is 17.2. The highest BCUT2D eigenvalue weighted by molar-refractivity contribution is 5.93. The molecule has 3 N–H and O–H groups in total. The molecule has 1 rings (SSSR count). The van der Waals surface area contributed by atoms with E-state index < -0.39 is 6.03 Å². The fourth-order valence-electron chi connectivity index (χ4n) is 2.15. The van der Waals surface area contributed by atoms with Crippen LogP contribution in [0, 0.1) is 0 Å². The molecule has 0 saturated heterocycles. The second-order valence-electron chi connectivity index (χ2n) is 4.95. The number of benzene rings is 1. The van der Waals surface area contributed by atoms with Crippen LogP contribution in [0.15, 0.2) is 18.2 Å². The smallest absolute Gasteiger partial charge is 0.318 e. The molecule has 0 radical (unpaired) electrons. The summed E-state index contributed by atoms with van der Waals surface area (Å²) < 4.78 is 10.8. The van der Waals surface area contributed by atoms with Gasteiger partial charge in [-0.25, -0.2) is 4.79 Å². The number of urea groups is 1. The Labute approximate surface area is 136 Å². The molecule has 0 aliphatic heterocycles. The first kappa shape index (κ1) is 18.8. The summed E-state index contributed by atoms with van der Waals surface area (Å²) in [6, 6.07) is 4.96. The van der Waals surface area contributed by atoms with E-state index in [1.54, 1.807) is 7.11 Å². The molecule has 0 aliphatic carbocycles. The molecule has 1 aromatic rings. The minimum Gasteiger partial charge on any atom is -0.493 e. The van der Waals surface area contributed by atoms with E-state index in [9.17, 15) is 9.59 Å². The topological polar surface area (TPSA) is 93.9 Å². The Hall–Kier alpha value is -2.28. The zero-order valence-corrected chi connectivity index (χ0v) is 13.9. The summed E-state index contributed by atoms with van der Waals surface area (Å²) in [5, 5.41) is 2.06. The molecule has 0 aliphatic rings. The van der Waals surface area contributed by atoms with Gasteiger partial charge in [-0.2, -0.15) is 0 Å². The Balaban J connectivity index is 2.64. The first-order valence-corrected chi connectivity index (χ1v) is 7.61. The first-order chi connectivity index (χ1) is 11.0. The molecule has 3 amide bonds. The summed E-state index contributed by atoms with van der Waals surface area (Å²) >= 11 is 0. The Kier molecular flexibility index (Phi) is 7.90. The van der Waals surface area contributed by atoms with E-state index >= 15 is 0 Å². The van der Waals surface area contributed by atoms with E-state index in [1.165, 1.54) is 0 Å². The van der Waals surface area contributed by atoms with Gasteiger partial charge in [-0.1, -0.05) is 13.0 Å². The SMILES string of the molecule is CCOc1ccc(CN(CC)CCC(=O)NC(N)=O)cc1OC. The van der Waals surface area contributed by atoms with Gasteiger partial charge in [0.25, 0.3) is 0 Å². The van der Waals surface area contributed by atoms with E-state index in [4.69, 9.17) is 15.2 Å². The van der Waals surface area contributed by atoms with E-state index in [0.717, 1.165) is 12.1 Å². The Morgan fingerprint density at radius 3 is 2.57 bits per heavy atom. The first-order valence-electron chi connectivity index (χ1n) is 7.61. The van der Waals surface area contributed by atoms with Gasteiger partial charge < -0.3 is 15.2 Å². The number of nitrogens with one attached hydrogen (secondary N) is 1. The number of hydrogen-bond donors (Lipinski definition) is 2. The van der Waals surface area contributed by atoms with Gasteiger partial charge in [0, 0.05) is 19.5 Å². The van der Waals surface area contributed by atoms with Crippen LogP contribution >= 0.6 is 0 Å². The van der Waals surface area contributed by atoms with Gasteiger partial charge in [-0.3, -0.25) is 15.0 Å². The van der Waals surface area contributed by atoms with Crippen LogP contribution in [-0.2, 0) is 11.3 Å². The molecule has 128 valence electrons. The lowest BCUT2D eigenvalue weighted by Gasteiger charge is -2.20. The molecule has 0 aromatic heterocycles. The van der Waals surface area contributed by atoms with Crippen LogP contribution < -0.4 is 20.5 Å². The number of amides is 3. The number of rotatable bonds is 9. The average molecular weight is 323 g/mol. The summed E-state index contributed by atoms with van der Waals surface area (Å²) in [5.74, 6) is 1.02. The quantitative estimate of drug-likeness (QED) is 0.718. The summed E-state index contributed by atoms with van der Waals surface area (Å²) in [7, 11) is 1.60. The molecule has 0 atom stereocenters. The highest BCUT2D eigenvalue weighted by Crippen LogP contribution is 2.28. The predicted molar refractivity (Wildman–Crippen MR) is 87.5 cm³/mol. The standard InChI is InChI=1S/C16H25N3O4/c1-4-19(9-8-15(20)18-16(17)21)11-12-6-7-13(23-5-2)14(10-12)22-3/h6-7,10H,4-5,8-9,11H2,1-3H3,(H3,17,18,20,21). The van der Waals surface area contributed by atoms with Crippen LogP contribution in [-0.4, -0.2) is 43.6 Å². The summed E-state index contributed by atoms with van der Waals surface area (Å²) in [4.78, 5) is 24.2. The molecular formula is C16H25N3O4. The van der Waals surface area contributed by atoms with Crippen molar-refractivity contribution in [2.75, 3.05) is 26.8 Å². The van der Waals surface area contributed by atoms with Crippen molar-refractivity contribution in [3.8, 4) is 11.5 Å². The summed E-state index contributed by atoms with van der Waals surface area (Å²) in [6.45, 7) is 6.49. The second kappa shape index (κ2) is 9.68. The van der Waals surface area contributed by atoms with Gasteiger partial charge in [-0.15, -0.1) is 0 Å². The van der Waals surface area contributed by atoms with Crippen LogP contribution in [0.4, 0.5) is 4.79 Å². The van der Waals surface area contributed by atoms with Crippen molar-refractivity contribution < 1.29 is 19.1 Å². The fraction of sp³-hybridized carbons (Fsp3) is 0.500. The van der Waals surface area contributed by atoms with Crippen molar-refractivity contribution in [3.63, 3.8) is 0 Å². The number of methoxy groups -OCH3 is 1. The number of primary amides is 1. The Bertz CT molecular complexity index is 534. The Morgan fingerprint density at radius 1 is 1.26 bits per heavy atom. The van der Waals surface area contributed by atoms with Gasteiger partial charge in [0.2, 0.25) is 5.91 Å². The summed E-state index contributed by atoms with van der Waals surface area (Å²) in [6.07, 6.45) is 0.213. The lowest BCUT2D eigenvalue weighted by Crippen LogP contribution is -2.37. The minimum absolute atomic E-state index is 0.213. The number of imide groups is 1. The maximum atomic E-state index is 11.5. The number of nitrogens with two attached hydrogens (primary N) is 1. The number of nitrogens with zero attached hydrogens (tertiary/aromatic N) is 1. The monoisotopic (exact) mass is 323 g/mol. The van der Waals surface area contributed by atoms with Crippen molar-refractivity contribution in [2.45, 2.75) is 26.8 Å². The third-order valence-corrected chi connectivity index (χ3v) is 3.30. The third kappa shape index (κ3) is 6.56. The molecule has 0 spiro atoms. The van der Waals surface area contributed by atoms with E-state index in [-0.39, 0.29) is 12.3 Å². The largest absolute Gasteiger partial charge is 0.493 e. The van der Waals surface area contributed by atoms with Crippen LogP contribution in [0.5, 0.6) is 11.5 Å². The van der Waals surface area contributed by atoms with Crippen molar-refractivity contribution >= 4 is 11.9 Å². The lowest BCUT2D eigenvalue weighted by atomic mass is 10.2. The van der Waals surface area contributed by atoms with Gasteiger partial charge >= 0.3 is 6.03 Å². The van der Waals surface area contributed by atoms with Crippen LogP contribution in [0.1, 0.15) is 25.8 Å². The van der Waals surface area contributed by atoms with Crippen molar-refractivity contribution in [1.29, 1.82) is 0 Å². The molecule has 7 heteroatoms. The normalized spacial score (nSPS) is 10.4. The van der Waals surface area contributed by atoms with Crippen LogP contribution in [0.2, 0.25) is 0 Å². The van der Waals surface area contributed by atoms with E-state index in [2.05, 4.69) is 10.2 Å². The lowest BCUT2D eigenvalue weighted by molar-refractivity contribution is -0.120. The fourth-order valence-corrected chi connectivity index (χ4v) is 2.15. The highest BCUT2D eigenvalue weighted by Gasteiger charge is 2.11. The van der Waals surface area contributed by atoms with Gasteiger partial charge in [0.1, 0.15) is 0 Å². The maximum absolute atomic E-state index is 11.5. The molecule has 0 fully saturated rings. The average Bonchev–Trinajstić information content (AvgIpc) is 2.52. The zero-order valence-electron chi connectivity index (χ0n) is 13.9. The molecule has 0 heterocycles. The summed E-state index contributed by atoms with van der Waals surface area (Å²) in [5.41, 5.74) is 5.97. The van der Waals surface area contributed by atoms with Crippen molar-refractivity contribution in [3.05, 3.63) is 23.8 Å². The molecular weight excluding hydrogens is 298 g/mol. The second-order valence-corrected chi connectivity index (χ2v) is 4.95. The minimum atomic E-state index is -0.825. The molecule has 0 saturated carbocycles. The van der Waals surface area contributed by atoms with Crippen molar-refractivity contribution in [1.82, 2.24) is 10.2 Å².